The molecule has 1 rings (SSSR count). The Morgan fingerprint density at radius 2 is 2.38 bits per heavy atom. The van der Waals surface area contributed by atoms with Crippen LogP contribution in [0.2, 0.25) is 0 Å². The first-order chi connectivity index (χ1) is 3.70. The molecule has 0 fully saturated rings. The van der Waals surface area contributed by atoms with Gasteiger partial charge in [0.15, 0.2) is 0 Å². The fourth-order valence-electron chi connectivity index (χ4n) is 0.458. The molecule has 0 atom stereocenters. The van der Waals surface area contributed by atoms with Crippen LogP contribution in [0.1, 0.15) is 6.92 Å². The zero-order valence-electron chi connectivity index (χ0n) is 4.31. The van der Waals surface area contributed by atoms with Crippen LogP contribution in [0.5, 0.6) is 0 Å². The van der Waals surface area contributed by atoms with E-state index in [-0.39, 0.29) is 0 Å². The molecule has 0 aromatic carbocycles. The molecule has 1 aliphatic heterocycles. The van der Waals surface area contributed by atoms with Gasteiger partial charge in [0.2, 0.25) is 5.97 Å². The first-order valence-electron chi connectivity index (χ1n) is 2.17. The van der Waals surface area contributed by atoms with Gasteiger partial charge in [0.05, 0.1) is 0 Å². The van der Waals surface area contributed by atoms with Crippen molar-refractivity contribution in [3.63, 3.8) is 0 Å². The van der Waals surface area contributed by atoms with Gasteiger partial charge in [-0.2, -0.15) is 9.38 Å². The van der Waals surface area contributed by atoms with Gasteiger partial charge in [-0.3, -0.25) is 4.79 Å². The lowest BCUT2D eigenvalue weighted by Gasteiger charge is -1.77. The average Bonchev–Trinajstić information content (AvgIpc) is 1.85. The summed E-state index contributed by atoms with van der Waals surface area (Å²) in [6.07, 6.45) is 1.11. The molecule has 0 N–H and O–H groups in total. The molecule has 0 saturated carbocycles. The second kappa shape index (κ2) is 1.51. The summed E-state index contributed by atoms with van der Waals surface area (Å²) in [4.78, 5) is 13.3. The highest BCUT2D eigenvalue weighted by Gasteiger charge is 2.11. The molecular formula is C5H4FNO. The van der Waals surface area contributed by atoms with E-state index in [1.54, 1.807) is 0 Å². The van der Waals surface area contributed by atoms with Crippen molar-refractivity contribution in [3.05, 3.63) is 11.6 Å². The number of allylic oxidation sites excluding steroid dienone is 1. The van der Waals surface area contributed by atoms with Gasteiger partial charge < -0.3 is 0 Å². The molecule has 0 saturated heterocycles. The van der Waals surface area contributed by atoms with Crippen LogP contribution in [-0.4, -0.2) is 11.9 Å². The second-order valence-electron chi connectivity index (χ2n) is 1.57. The van der Waals surface area contributed by atoms with Gasteiger partial charge in [-0.1, -0.05) is 0 Å². The quantitative estimate of drug-likeness (QED) is 0.457. The van der Waals surface area contributed by atoms with Crippen molar-refractivity contribution >= 4 is 11.9 Å². The molecule has 0 bridgehead atoms. The van der Waals surface area contributed by atoms with Crippen molar-refractivity contribution in [2.45, 2.75) is 6.92 Å². The smallest absolute Gasteiger partial charge is 0.267 e. The predicted molar refractivity (Wildman–Crippen MR) is 27.3 cm³/mol. The van der Waals surface area contributed by atoms with E-state index in [4.69, 9.17) is 0 Å². The summed E-state index contributed by atoms with van der Waals surface area (Å²) in [6, 6.07) is 0. The van der Waals surface area contributed by atoms with Gasteiger partial charge in [0.25, 0.3) is 5.91 Å². The Hall–Kier alpha value is -0.990. The molecule has 1 amide bonds. The van der Waals surface area contributed by atoms with E-state index in [2.05, 4.69) is 4.99 Å². The molecule has 8 heavy (non-hydrogen) atoms. The molecule has 2 nitrogen and oxygen atoms in total. The Kier molecular flexibility index (Phi) is 0.970. The van der Waals surface area contributed by atoms with E-state index in [1.165, 1.54) is 6.92 Å². The molecule has 3 heteroatoms. The lowest BCUT2D eigenvalue weighted by molar-refractivity contribution is -0.114. The third kappa shape index (κ3) is 0.665. The molecule has 1 heterocycles. The Bertz CT molecular complexity index is 190. The average molecular weight is 113 g/mol. The van der Waals surface area contributed by atoms with Crippen molar-refractivity contribution in [1.82, 2.24) is 0 Å². The van der Waals surface area contributed by atoms with Gasteiger partial charge in [0.1, 0.15) is 0 Å². The van der Waals surface area contributed by atoms with E-state index in [0.717, 1.165) is 6.08 Å². The number of carbonyl (C=O) groups is 1. The second-order valence-corrected chi connectivity index (χ2v) is 1.57. The van der Waals surface area contributed by atoms with Crippen molar-refractivity contribution in [2.24, 2.45) is 4.99 Å². The molecular weight excluding hydrogens is 109 g/mol. The first-order valence-corrected chi connectivity index (χ1v) is 2.17. The molecule has 42 valence electrons. The van der Waals surface area contributed by atoms with Gasteiger partial charge in [-0.05, 0) is 6.92 Å². The normalized spacial score (nSPS) is 18.5. The maximum absolute atomic E-state index is 11.9. The number of amides is 1. The summed E-state index contributed by atoms with van der Waals surface area (Å²) in [6.45, 7) is 1.53. The standard InChI is InChI=1S/C5H4FNO/c1-3-2-4(6)7-5(3)8/h2H,1H3. The maximum atomic E-state index is 11.9. The van der Waals surface area contributed by atoms with Crippen LogP contribution in [0.3, 0.4) is 0 Å². The maximum Gasteiger partial charge on any atom is 0.275 e. The number of hydrogen-bond donors (Lipinski definition) is 0. The fourth-order valence-corrected chi connectivity index (χ4v) is 0.458. The number of rotatable bonds is 0. The number of aliphatic imine (C=N–C) groups is 1. The summed E-state index contributed by atoms with van der Waals surface area (Å²) < 4.78 is 11.9. The van der Waals surface area contributed by atoms with Gasteiger partial charge >= 0.3 is 0 Å². The van der Waals surface area contributed by atoms with Crippen molar-refractivity contribution in [1.29, 1.82) is 0 Å². The predicted octanol–water partition coefficient (Wildman–Crippen LogP) is 0.841. The third-order valence-corrected chi connectivity index (χ3v) is 0.881. The summed E-state index contributed by atoms with van der Waals surface area (Å²) in [7, 11) is 0. The monoisotopic (exact) mass is 113 g/mol. The van der Waals surface area contributed by atoms with Crippen LogP contribution >= 0.6 is 0 Å². The zero-order valence-corrected chi connectivity index (χ0v) is 4.31. The fraction of sp³-hybridized carbons (Fsp3) is 0.200. The first kappa shape index (κ1) is 5.15. The third-order valence-electron chi connectivity index (χ3n) is 0.881. The van der Waals surface area contributed by atoms with Crippen LogP contribution in [0, 0.1) is 0 Å². The van der Waals surface area contributed by atoms with E-state index in [9.17, 15) is 9.18 Å². The largest absolute Gasteiger partial charge is 0.275 e. The van der Waals surface area contributed by atoms with Crippen molar-refractivity contribution in [3.8, 4) is 0 Å². The Labute approximate surface area is 45.7 Å². The van der Waals surface area contributed by atoms with E-state index in [1.807, 2.05) is 0 Å². The highest BCUT2D eigenvalue weighted by atomic mass is 19.1. The molecule has 0 spiro atoms. The number of halogens is 1. The Morgan fingerprint density at radius 1 is 1.75 bits per heavy atom. The molecule has 0 unspecified atom stereocenters. The van der Waals surface area contributed by atoms with Crippen LogP contribution in [0.25, 0.3) is 0 Å². The van der Waals surface area contributed by atoms with Gasteiger partial charge in [0, 0.05) is 11.6 Å². The minimum atomic E-state index is -0.688. The van der Waals surface area contributed by atoms with Crippen LogP contribution in [0.15, 0.2) is 16.6 Å². The number of nitrogens with zero attached hydrogens (tertiary/aromatic N) is 1. The lowest BCUT2D eigenvalue weighted by Crippen LogP contribution is -1.86. The highest BCUT2D eigenvalue weighted by molar-refractivity contribution is 6.12. The van der Waals surface area contributed by atoms with Crippen LogP contribution in [-0.2, 0) is 4.79 Å². The zero-order chi connectivity index (χ0) is 6.15. The number of hydrogen-bond acceptors (Lipinski definition) is 1. The molecule has 0 aliphatic carbocycles. The number of carbonyl (C=O) groups excluding carboxylic acids is 1. The van der Waals surface area contributed by atoms with Crippen molar-refractivity contribution < 1.29 is 9.18 Å². The SMILES string of the molecule is CC1=CC(F)=NC1=O. The van der Waals surface area contributed by atoms with E-state index >= 15 is 0 Å². The minimum Gasteiger partial charge on any atom is -0.267 e. The molecule has 0 radical (unpaired) electrons. The van der Waals surface area contributed by atoms with E-state index in [0.29, 0.717) is 5.57 Å². The van der Waals surface area contributed by atoms with Gasteiger partial charge in [-0.15, -0.1) is 0 Å². The minimum absolute atomic E-state index is 0.363. The topological polar surface area (TPSA) is 29.4 Å². The summed E-state index contributed by atoms with van der Waals surface area (Å²) in [5.74, 6) is -1.16. The highest BCUT2D eigenvalue weighted by Crippen LogP contribution is 2.05. The van der Waals surface area contributed by atoms with E-state index < -0.39 is 11.9 Å². The van der Waals surface area contributed by atoms with Gasteiger partial charge in [-0.25, -0.2) is 0 Å². The summed E-state index contributed by atoms with van der Waals surface area (Å²) >= 11 is 0. The summed E-state index contributed by atoms with van der Waals surface area (Å²) in [5, 5.41) is 0. The molecule has 0 aromatic rings. The lowest BCUT2D eigenvalue weighted by atomic mass is 10.3. The molecule has 0 aromatic heterocycles. The Balaban J connectivity index is 2.95. The van der Waals surface area contributed by atoms with Crippen LogP contribution < -0.4 is 0 Å². The van der Waals surface area contributed by atoms with Crippen LogP contribution in [0.4, 0.5) is 4.39 Å². The summed E-state index contributed by atoms with van der Waals surface area (Å²) in [5.41, 5.74) is 0.363. The molecule has 1 aliphatic rings. The van der Waals surface area contributed by atoms with Crippen molar-refractivity contribution in [2.75, 3.05) is 0 Å². The Morgan fingerprint density at radius 3 is 2.50 bits per heavy atom.